The average Bonchev–Trinajstić information content (AvgIpc) is 2.76. The fourth-order valence-electron chi connectivity index (χ4n) is 2.89. The lowest BCUT2D eigenvalue weighted by atomic mass is 10.0. The zero-order valence-electron chi connectivity index (χ0n) is 18.2. The monoisotopic (exact) mass is 465 g/mol. The standard InChI is InChI=1S/C21H31N5O7/c22-9-5-4-8-14(23)19(30)24-12-17(27)25-15(10-13-6-2-1-3-7-13)20(31)26-16(21(32)33)11-18(28)29/h1-3,6-7,14-16H,4-5,8-12,22-23H2,(H,24,30)(H,25,27)(H,26,31)(H,28,29)(H,32,33). The van der Waals surface area contributed by atoms with Crippen molar-refractivity contribution in [3.63, 3.8) is 0 Å². The summed E-state index contributed by atoms with van der Waals surface area (Å²) in [7, 11) is 0. The van der Waals surface area contributed by atoms with Crippen LogP contribution in [0.1, 0.15) is 31.2 Å². The highest BCUT2D eigenvalue weighted by molar-refractivity contribution is 5.93. The predicted octanol–water partition coefficient (Wildman–Crippen LogP) is -1.67. The van der Waals surface area contributed by atoms with E-state index in [0.717, 1.165) is 6.42 Å². The van der Waals surface area contributed by atoms with Crippen LogP contribution in [0.3, 0.4) is 0 Å². The molecule has 1 aromatic rings. The SMILES string of the molecule is NCCCCC(N)C(=O)NCC(=O)NC(Cc1ccccc1)C(=O)NC(CC(=O)O)C(=O)O. The average molecular weight is 466 g/mol. The molecule has 9 N–H and O–H groups in total. The first-order valence-electron chi connectivity index (χ1n) is 10.5. The Morgan fingerprint density at radius 1 is 0.909 bits per heavy atom. The Morgan fingerprint density at radius 2 is 1.58 bits per heavy atom. The topological polar surface area (TPSA) is 214 Å². The summed E-state index contributed by atoms with van der Waals surface area (Å²) in [5.41, 5.74) is 11.8. The van der Waals surface area contributed by atoms with E-state index in [0.29, 0.717) is 24.9 Å². The lowest BCUT2D eigenvalue weighted by Crippen LogP contribution is -2.54. The maximum absolute atomic E-state index is 12.7. The van der Waals surface area contributed by atoms with Gasteiger partial charge in [-0.1, -0.05) is 36.8 Å². The minimum absolute atomic E-state index is 0.0182. The van der Waals surface area contributed by atoms with E-state index in [1.165, 1.54) is 0 Å². The van der Waals surface area contributed by atoms with Gasteiger partial charge in [0.05, 0.1) is 19.0 Å². The second-order valence-electron chi connectivity index (χ2n) is 7.42. The van der Waals surface area contributed by atoms with Crippen LogP contribution in [0, 0.1) is 0 Å². The molecule has 33 heavy (non-hydrogen) atoms. The third-order valence-electron chi connectivity index (χ3n) is 4.66. The summed E-state index contributed by atoms with van der Waals surface area (Å²) in [6.07, 6.45) is 0.980. The third-order valence-corrected chi connectivity index (χ3v) is 4.66. The van der Waals surface area contributed by atoms with Crippen LogP contribution < -0.4 is 27.4 Å². The Bertz CT molecular complexity index is 818. The zero-order valence-corrected chi connectivity index (χ0v) is 18.2. The Labute approximate surface area is 191 Å². The summed E-state index contributed by atoms with van der Waals surface area (Å²) in [6, 6.07) is 4.95. The number of benzene rings is 1. The molecule has 0 spiro atoms. The summed E-state index contributed by atoms with van der Waals surface area (Å²) >= 11 is 0. The van der Waals surface area contributed by atoms with Gasteiger partial charge in [0, 0.05) is 6.42 Å². The van der Waals surface area contributed by atoms with Gasteiger partial charge in [-0.25, -0.2) is 4.79 Å². The minimum Gasteiger partial charge on any atom is -0.481 e. The minimum atomic E-state index is -1.67. The molecular formula is C21H31N5O7. The van der Waals surface area contributed by atoms with Gasteiger partial charge in [-0.3, -0.25) is 19.2 Å². The molecule has 12 nitrogen and oxygen atoms in total. The van der Waals surface area contributed by atoms with Crippen LogP contribution in [-0.4, -0.2) is 71.1 Å². The number of rotatable bonds is 15. The molecule has 0 aromatic heterocycles. The van der Waals surface area contributed by atoms with Gasteiger partial charge in [0.1, 0.15) is 12.1 Å². The third kappa shape index (κ3) is 11.1. The molecule has 0 saturated heterocycles. The highest BCUT2D eigenvalue weighted by Crippen LogP contribution is 2.05. The predicted molar refractivity (Wildman–Crippen MR) is 118 cm³/mol. The van der Waals surface area contributed by atoms with Crippen molar-refractivity contribution in [2.75, 3.05) is 13.1 Å². The largest absolute Gasteiger partial charge is 0.481 e. The second kappa shape index (κ2) is 14.5. The van der Waals surface area contributed by atoms with E-state index in [1.807, 2.05) is 0 Å². The van der Waals surface area contributed by atoms with Crippen LogP contribution in [0.2, 0.25) is 0 Å². The maximum atomic E-state index is 12.7. The highest BCUT2D eigenvalue weighted by atomic mass is 16.4. The number of hydrogen-bond donors (Lipinski definition) is 7. The van der Waals surface area contributed by atoms with E-state index < -0.39 is 60.8 Å². The number of unbranched alkanes of at least 4 members (excludes halogenated alkanes) is 1. The number of aliphatic carboxylic acids is 2. The van der Waals surface area contributed by atoms with Crippen molar-refractivity contribution in [1.82, 2.24) is 16.0 Å². The summed E-state index contributed by atoms with van der Waals surface area (Å²) < 4.78 is 0. The van der Waals surface area contributed by atoms with Gasteiger partial charge in [0.15, 0.2) is 0 Å². The summed E-state index contributed by atoms with van der Waals surface area (Å²) in [5, 5.41) is 25.0. The fraction of sp³-hybridized carbons (Fsp3) is 0.476. The van der Waals surface area contributed by atoms with Crippen molar-refractivity contribution >= 4 is 29.7 Å². The first kappa shape index (κ1) is 27.5. The smallest absolute Gasteiger partial charge is 0.326 e. The Balaban J connectivity index is 2.78. The first-order chi connectivity index (χ1) is 15.6. The summed E-state index contributed by atoms with van der Waals surface area (Å²) in [5.74, 6) is -5.02. The molecular weight excluding hydrogens is 434 g/mol. The van der Waals surface area contributed by atoms with Gasteiger partial charge in [0.2, 0.25) is 17.7 Å². The van der Waals surface area contributed by atoms with Crippen molar-refractivity contribution in [2.24, 2.45) is 11.5 Å². The molecule has 182 valence electrons. The molecule has 1 aromatic carbocycles. The van der Waals surface area contributed by atoms with Gasteiger partial charge in [-0.05, 0) is 24.9 Å². The van der Waals surface area contributed by atoms with Crippen LogP contribution >= 0.6 is 0 Å². The van der Waals surface area contributed by atoms with Crippen LogP contribution in [0.15, 0.2) is 30.3 Å². The van der Waals surface area contributed by atoms with Gasteiger partial charge in [-0.15, -0.1) is 0 Å². The van der Waals surface area contributed by atoms with E-state index in [2.05, 4.69) is 16.0 Å². The van der Waals surface area contributed by atoms with Crippen molar-refractivity contribution < 1.29 is 34.2 Å². The molecule has 3 unspecified atom stereocenters. The number of nitrogens with two attached hydrogens (primary N) is 2. The number of nitrogens with one attached hydrogen (secondary N) is 3. The van der Waals surface area contributed by atoms with E-state index in [9.17, 15) is 24.0 Å². The summed E-state index contributed by atoms with van der Waals surface area (Å²) in [4.78, 5) is 59.2. The fourth-order valence-corrected chi connectivity index (χ4v) is 2.89. The molecule has 3 atom stereocenters. The quantitative estimate of drug-likeness (QED) is 0.147. The normalized spacial score (nSPS) is 13.3. The van der Waals surface area contributed by atoms with Crippen LogP contribution in [0.5, 0.6) is 0 Å². The number of carboxylic acid groups (broad SMARTS) is 2. The molecule has 12 heteroatoms. The number of carbonyl (C=O) groups is 5. The zero-order chi connectivity index (χ0) is 24.8. The van der Waals surface area contributed by atoms with Crippen LogP contribution in [0.4, 0.5) is 0 Å². The molecule has 0 saturated carbocycles. The molecule has 0 radical (unpaired) electrons. The molecule has 0 aliphatic carbocycles. The molecule has 0 bridgehead atoms. The second-order valence-corrected chi connectivity index (χ2v) is 7.42. The van der Waals surface area contributed by atoms with E-state index in [4.69, 9.17) is 21.7 Å². The molecule has 0 aliphatic heterocycles. The number of carbonyl (C=O) groups excluding carboxylic acids is 3. The van der Waals surface area contributed by atoms with Crippen molar-refractivity contribution in [3.05, 3.63) is 35.9 Å². The van der Waals surface area contributed by atoms with Crippen LogP contribution in [-0.2, 0) is 30.4 Å². The molecule has 0 heterocycles. The highest BCUT2D eigenvalue weighted by Gasteiger charge is 2.28. The Hall–Kier alpha value is -3.51. The van der Waals surface area contributed by atoms with Crippen LogP contribution in [0.25, 0.3) is 0 Å². The van der Waals surface area contributed by atoms with E-state index >= 15 is 0 Å². The lowest BCUT2D eigenvalue weighted by molar-refractivity contribution is -0.147. The van der Waals surface area contributed by atoms with Gasteiger partial charge >= 0.3 is 11.9 Å². The van der Waals surface area contributed by atoms with Crippen molar-refractivity contribution in [1.29, 1.82) is 0 Å². The number of amides is 3. The van der Waals surface area contributed by atoms with Gasteiger partial charge < -0.3 is 37.6 Å². The summed E-state index contributed by atoms with van der Waals surface area (Å²) in [6.45, 7) is 0.0380. The number of hydrogen-bond acceptors (Lipinski definition) is 7. The van der Waals surface area contributed by atoms with E-state index in [-0.39, 0.29) is 6.42 Å². The van der Waals surface area contributed by atoms with Gasteiger partial charge in [-0.2, -0.15) is 0 Å². The van der Waals surface area contributed by atoms with Gasteiger partial charge in [0.25, 0.3) is 0 Å². The molecule has 0 fully saturated rings. The first-order valence-corrected chi connectivity index (χ1v) is 10.5. The molecule has 3 amide bonds. The van der Waals surface area contributed by atoms with Crippen molar-refractivity contribution in [2.45, 2.75) is 50.2 Å². The molecule has 0 aliphatic rings. The van der Waals surface area contributed by atoms with E-state index in [1.54, 1.807) is 30.3 Å². The number of carboxylic acids is 2. The lowest BCUT2D eigenvalue weighted by Gasteiger charge is -2.21. The maximum Gasteiger partial charge on any atom is 0.326 e. The van der Waals surface area contributed by atoms with Crippen molar-refractivity contribution in [3.8, 4) is 0 Å². The molecule has 1 rings (SSSR count). The Kier molecular flexibility index (Phi) is 12.1. The Morgan fingerprint density at radius 3 is 2.15 bits per heavy atom.